The number of aliphatic carboxylic acids is 1. The SMILES string of the molecule is COc1c(Cc2ccc(NC(=O)[C@H](CCC(=O)O)NC(=O)CNC(=O)CBr)cc2)csc1[C@@H]1O[C@@H]2C[C@H]3[C@@H]4CCC5=CC(=O)C=C[C@]5(C)[C@H]4[C@@H](O)C[C@]3(C)[C@]2(C(=O)CO)O1. The third-order valence-corrected chi connectivity index (χ3v) is 15.1. The van der Waals surface area contributed by atoms with Crippen LogP contribution in [0.25, 0.3) is 0 Å². The van der Waals surface area contributed by atoms with Crippen LogP contribution in [0.15, 0.2) is 53.4 Å². The molecular weight excluding hydrogens is 862 g/mol. The van der Waals surface area contributed by atoms with E-state index in [-0.39, 0.29) is 54.7 Å². The fraction of sp³-hybridized carbons (Fsp3) is 0.535. The molecule has 1 saturated heterocycles. The van der Waals surface area contributed by atoms with Crippen molar-refractivity contribution in [2.45, 2.75) is 88.9 Å². The van der Waals surface area contributed by atoms with Crippen LogP contribution in [0.3, 0.4) is 0 Å². The number of ketones is 2. The predicted octanol–water partition coefficient (Wildman–Crippen LogP) is 3.75. The Balaban J connectivity index is 1.05. The molecule has 0 unspecified atom stereocenters. The number of amides is 3. The van der Waals surface area contributed by atoms with E-state index in [1.54, 1.807) is 31.4 Å². The van der Waals surface area contributed by atoms with Gasteiger partial charge in [-0.1, -0.05) is 53.6 Å². The van der Waals surface area contributed by atoms with Gasteiger partial charge < -0.3 is 45.5 Å². The van der Waals surface area contributed by atoms with Gasteiger partial charge in [-0.15, -0.1) is 11.3 Å². The summed E-state index contributed by atoms with van der Waals surface area (Å²) < 4.78 is 19.4. The zero-order chi connectivity index (χ0) is 43.1. The minimum Gasteiger partial charge on any atom is -0.495 e. The smallest absolute Gasteiger partial charge is 0.303 e. The van der Waals surface area contributed by atoms with Crippen LogP contribution < -0.4 is 20.7 Å². The topological polar surface area (TPSA) is 227 Å². The standard InChI is InChI=1S/C43H50BrN3O12S/c1-41-13-12-26(49)15-24(41)6-9-27-28-16-32-43(31(51)20-48,42(28,2)17-30(50)36(27)41)59-40(58-32)38-37(57-3)23(21-60-38)14-22-4-7-25(8-5-22)46-39(56)29(10-11-35(54)55)47-34(53)19-45-33(52)18-44/h4-5,7-8,12-13,15,21,27-30,32,36,40,48,50H,6,9-11,14,16-20H2,1-3H3,(H,45,52)(H,46,56)(H,47,53)(H,54,55)/t27-,28-,29-,30-,32+,36+,40+,41-,42-,43+/m0/s1. The molecule has 2 aromatic rings. The van der Waals surface area contributed by atoms with Crippen LogP contribution >= 0.6 is 27.3 Å². The Kier molecular flexibility index (Phi) is 12.6. The molecule has 5 aliphatic rings. The zero-order valence-corrected chi connectivity index (χ0v) is 35.9. The van der Waals surface area contributed by atoms with E-state index in [4.69, 9.17) is 14.2 Å². The highest BCUT2D eigenvalue weighted by molar-refractivity contribution is 9.09. The lowest BCUT2D eigenvalue weighted by Crippen LogP contribution is -2.63. The number of hydrogen-bond acceptors (Lipinski definition) is 12. The molecule has 1 aromatic heterocycles. The van der Waals surface area contributed by atoms with Gasteiger partial charge in [-0.25, -0.2) is 0 Å². The number of carboxylic acids is 1. The second kappa shape index (κ2) is 17.2. The quantitative estimate of drug-likeness (QED) is 0.141. The molecule has 7 rings (SSSR count). The number of thiophene rings is 1. The van der Waals surface area contributed by atoms with Crippen molar-refractivity contribution in [1.29, 1.82) is 0 Å². The van der Waals surface area contributed by atoms with Gasteiger partial charge in [0.15, 0.2) is 23.5 Å². The van der Waals surface area contributed by atoms with Crippen molar-refractivity contribution < 1.29 is 58.3 Å². The van der Waals surface area contributed by atoms with Crippen molar-refractivity contribution in [3.63, 3.8) is 0 Å². The van der Waals surface area contributed by atoms with E-state index in [1.165, 1.54) is 11.3 Å². The van der Waals surface area contributed by atoms with Gasteiger partial charge in [-0.05, 0) is 79.2 Å². The van der Waals surface area contributed by atoms with E-state index in [2.05, 4.69) is 38.8 Å². The summed E-state index contributed by atoms with van der Waals surface area (Å²) >= 11 is 4.35. The zero-order valence-electron chi connectivity index (χ0n) is 33.5. The van der Waals surface area contributed by atoms with E-state index in [9.17, 15) is 44.1 Å². The molecule has 3 saturated carbocycles. The van der Waals surface area contributed by atoms with Crippen molar-refractivity contribution in [2.24, 2.45) is 28.6 Å². The molecule has 3 amide bonds. The number of methoxy groups -OCH3 is 1. The first kappa shape index (κ1) is 43.8. The lowest BCUT2D eigenvalue weighted by atomic mass is 9.46. The van der Waals surface area contributed by atoms with Crippen LogP contribution in [0.1, 0.15) is 74.7 Å². The summed E-state index contributed by atoms with van der Waals surface area (Å²) in [6.45, 7) is 2.97. The third-order valence-electron chi connectivity index (χ3n) is 13.5. The predicted molar refractivity (Wildman–Crippen MR) is 221 cm³/mol. The van der Waals surface area contributed by atoms with Crippen LogP contribution in [0.5, 0.6) is 5.75 Å². The van der Waals surface area contributed by atoms with Crippen molar-refractivity contribution in [2.75, 3.05) is 30.9 Å². The second-order valence-corrected chi connectivity index (χ2v) is 18.3. The molecule has 0 radical (unpaired) electrons. The first-order chi connectivity index (χ1) is 28.6. The van der Waals surface area contributed by atoms with Gasteiger partial charge >= 0.3 is 5.97 Å². The molecule has 4 fully saturated rings. The number of fused-ring (bicyclic) bond motifs is 7. The highest BCUT2D eigenvalue weighted by atomic mass is 79.9. The van der Waals surface area contributed by atoms with Gasteiger partial charge in [0.2, 0.25) is 17.7 Å². The number of aliphatic hydroxyl groups excluding tert-OH is 2. The van der Waals surface area contributed by atoms with Crippen molar-refractivity contribution in [3.8, 4) is 5.75 Å². The number of Topliss-reactive ketones (excluding diaryl/α,β-unsaturated/α-hetero) is 1. The second-order valence-electron chi connectivity index (χ2n) is 16.8. The van der Waals surface area contributed by atoms with Crippen LogP contribution in [0.4, 0.5) is 5.69 Å². The van der Waals surface area contributed by atoms with Gasteiger partial charge in [-0.3, -0.25) is 28.8 Å². The van der Waals surface area contributed by atoms with Gasteiger partial charge in [0, 0.05) is 40.8 Å². The Hall–Kier alpha value is -4.26. The van der Waals surface area contributed by atoms with Gasteiger partial charge in [0.1, 0.15) is 23.3 Å². The summed E-state index contributed by atoms with van der Waals surface area (Å²) in [7, 11) is 1.54. The Bertz CT molecular complexity index is 2120. The van der Waals surface area contributed by atoms with E-state index >= 15 is 0 Å². The van der Waals surface area contributed by atoms with Crippen LogP contribution in [-0.2, 0) is 44.7 Å². The molecule has 0 spiro atoms. The number of carboxylic acid groups (broad SMARTS) is 1. The largest absolute Gasteiger partial charge is 0.495 e. The first-order valence-corrected chi connectivity index (χ1v) is 22.1. The number of hydrogen-bond donors (Lipinski definition) is 6. The normalized spacial score (nSPS) is 31.8. The summed E-state index contributed by atoms with van der Waals surface area (Å²) in [5, 5.41) is 41.1. The molecule has 2 heterocycles. The molecule has 17 heteroatoms. The number of alkyl halides is 1. The maximum Gasteiger partial charge on any atom is 0.303 e. The van der Waals surface area contributed by atoms with Crippen LogP contribution in [0.2, 0.25) is 0 Å². The summed E-state index contributed by atoms with van der Waals surface area (Å²) in [4.78, 5) is 75.2. The number of aliphatic hydroxyl groups is 2. The molecule has 6 N–H and O–H groups in total. The highest BCUT2D eigenvalue weighted by Crippen LogP contribution is 2.71. The molecule has 4 aliphatic carbocycles. The van der Waals surface area contributed by atoms with E-state index in [0.717, 1.165) is 23.1 Å². The van der Waals surface area contributed by atoms with Crippen molar-refractivity contribution >= 4 is 68.2 Å². The fourth-order valence-electron chi connectivity index (χ4n) is 10.9. The Morgan fingerprint density at radius 3 is 2.55 bits per heavy atom. The van der Waals surface area contributed by atoms with E-state index < -0.39 is 77.1 Å². The maximum absolute atomic E-state index is 14.0. The average molecular weight is 913 g/mol. The molecule has 15 nitrogen and oxygen atoms in total. The Labute approximate surface area is 359 Å². The monoisotopic (exact) mass is 911 g/mol. The fourth-order valence-corrected chi connectivity index (χ4v) is 12.1. The number of benzene rings is 1. The van der Waals surface area contributed by atoms with Crippen LogP contribution in [0, 0.1) is 28.6 Å². The lowest BCUT2D eigenvalue weighted by molar-refractivity contribution is -0.200. The minimum absolute atomic E-state index is 0.00501. The molecule has 10 atom stereocenters. The Morgan fingerprint density at radius 1 is 1.12 bits per heavy atom. The maximum atomic E-state index is 14.0. The van der Waals surface area contributed by atoms with Gasteiger partial charge in [0.25, 0.3) is 0 Å². The van der Waals surface area contributed by atoms with E-state index in [0.29, 0.717) is 35.6 Å². The number of halogens is 1. The molecular formula is C43H50BrN3O12S. The third kappa shape index (κ3) is 7.77. The summed E-state index contributed by atoms with van der Waals surface area (Å²) in [6.07, 6.45) is 4.95. The number of anilines is 1. The first-order valence-electron chi connectivity index (χ1n) is 20.1. The molecule has 0 bridgehead atoms. The summed E-state index contributed by atoms with van der Waals surface area (Å²) in [5.74, 6) is -2.97. The number of carbonyl (C=O) groups excluding carboxylic acids is 5. The minimum atomic E-state index is -1.51. The lowest BCUT2D eigenvalue weighted by Gasteiger charge is -2.59. The number of ether oxygens (including phenoxy) is 3. The van der Waals surface area contributed by atoms with Gasteiger partial charge in [-0.2, -0.15) is 0 Å². The number of carbonyl (C=O) groups is 6. The number of allylic oxidation sites excluding steroid dienone is 4. The number of nitrogens with one attached hydrogen (secondary N) is 3. The molecule has 1 aromatic carbocycles. The molecule has 60 heavy (non-hydrogen) atoms. The Morgan fingerprint density at radius 2 is 1.87 bits per heavy atom. The van der Waals surface area contributed by atoms with Crippen LogP contribution in [-0.4, -0.2) is 100 Å². The van der Waals surface area contributed by atoms with E-state index in [1.807, 2.05) is 30.5 Å². The molecule has 322 valence electrons. The molecule has 1 aliphatic heterocycles. The summed E-state index contributed by atoms with van der Waals surface area (Å²) in [6, 6.07) is 5.82. The van der Waals surface area contributed by atoms with Crippen molar-refractivity contribution in [1.82, 2.24) is 10.6 Å². The number of rotatable bonds is 15. The van der Waals surface area contributed by atoms with Gasteiger partial charge in [0.05, 0.1) is 31.2 Å². The summed E-state index contributed by atoms with van der Waals surface area (Å²) in [5.41, 5.74) is 0.291. The highest BCUT2D eigenvalue weighted by Gasteiger charge is 2.76. The van der Waals surface area contributed by atoms with Crippen molar-refractivity contribution in [3.05, 3.63) is 69.5 Å². The average Bonchev–Trinajstić information content (AvgIpc) is 3.88.